The van der Waals surface area contributed by atoms with Crippen LogP contribution in [0.3, 0.4) is 0 Å². The Morgan fingerprint density at radius 2 is 1.91 bits per heavy atom. The lowest BCUT2D eigenvalue weighted by atomic mass is 10.1. The van der Waals surface area contributed by atoms with Crippen LogP contribution in [0.1, 0.15) is 21.8 Å². The maximum absolute atomic E-state index is 13.4. The summed E-state index contributed by atoms with van der Waals surface area (Å²) in [4.78, 5) is 21.7. The van der Waals surface area contributed by atoms with E-state index in [1.54, 1.807) is 53.2 Å². The molecule has 0 radical (unpaired) electrons. The van der Waals surface area contributed by atoms with Gasteiger partial charge in [-0.15, -0.1) is 0 Å². The molecule has 0 aliphatic carbocycles. The molecular weight excluding hydrogens is 487 g/mol. The summed E-state index contributed by atoms with van der Waals surface area (Å²) in [5, 5.41) is 15.5. The molecule has 0 saturated carbocycles. The van der Waals surface area contributed by atoms with Gasteiger partial charge in [0, 0.05) is 21.6 Å². The van der Waals surface area contributed by atoms with Gasteiger partial charge in [0.15, 0.2) is 0 Å². The number of halogens is 3. The zero-order valence-corrected chi connectivity index (χ0v) is 18.9. The van der Waals surface area contributed by atoms with E-state index in [1.165, 1.54) is 12.1 Å². The highest BCUT2D eigenvalue weighted by Crippen LogP contribution is 2.35. The predicted molar refractivity (Wildman–Crippen MR) is 125 cm³/mol. The number of pyridine rings is 1. The second-order valence-electron chi connectivity index (χ2n) is 7.16. The molecule has 3 aromatic heterocycles. The SMILES string of the molecule is O=C(c1nc(-c2ccccn2)no1)c1c(Cl)n(Cc2ccc(Cl)cc2Cl)c2ccc(O)cc12. The van der Waals surface area contributed by atoms with Crippen LogP contribution in [0.15, 0.2) is 65.3 Å². The van der Waals surface area contributed by atoms with E-state index in [0.29, 0.717) is 26.6 Å². The van der Waals surface area contributed by atoms with Gasteiger partial charge in [0.25, 0.3) is 11.7 Å². The molecule has 5 rings (SSSR count). The van der Waals surface area contributed by atoms with Crippen LogP contribution in [0.4, 0.5) is 0 Å². The largest absolute Gasteiger partial charge is 0.508 e. The highest BCUT2D eigenvalue weighted by molar-refractivity contribution is 6.37. The van der Waals surface area contributed by atoms with Crippen molar-refractivity contribution in [1.29, 1.82) is 0 Å². The Bertz CT molecular complexity index is 1510. The molecule has 0 fully saturated rings. The number of phenolic OH excluding ortho intramolecular Hbond substituents is 1. The minimum Gasteiger partial charge on any atom is -0.508 e. The van der Waals surface area contributed by atoms with E-state index >= 15 is 0 Å². The van der Waals surface area contributed by atoms with Crippen LogP contribution in [0.5, 0.6) is 5.75 Å². The van der Waals surface area contributed by atoms with Crippen LogP contribution in [-0.4, -0.2) is 30.6 Å². The lowest BCUT2D eigenvalue weighted by Crippen LogP contribution is -2.04. The Kier molecular flexibility index (Phi) is 5.54. The molecule has 0 saturated heterocycles. The molecule has 0 atom stereocenters. The van der Waals surface area contributed by atoms with E-state index in [1.807, 2.05) is 0 Å². The van der Waals surface area contributed by atoms with Crippen molar-refractivity contribution < 1.29 is 14.4 Å². The van der Waals surface area contributed by atoms with Crippen molar-refractivity contribution in [2.45, 2.75) is 6.54 Å². The number of fused-ring (bicyclic) bond motifs is 1. The Morgan fingerprint density at radius 3 is 2.67 bits per heavy atom. The van der Waals surface area contributed by atoms with Crippen molar-refractivity contribution in [3.8, 4) is 17.3 Å². The average Bonchev–Trinajstić information content (AvgIpc) is 3.39. The smallest absolute Gasteiger partial charge is 0.299 e. The van der Waals surface area contributed by atoms with Crippen molar-refractivity contribution >= 4 is 51.5 Å². The summed E-state index contributed by atoms with van der Waals surface area (Å²) in [5.74, 6) is -0.667. The fourth-order valence-electron chi connectivity index (χ4n) is 3.52. The number of benzene rings is 2. The maximum atomic E-state index is 13.4. The Labute approximate surface area is 202 Å². The molecule has 1 N–H and O–H groups in total. The van der Waals surface area contributed by atoms with Gasteiger partial charge in [0.05, 0.1) is 17.6 Å². The molecular formula is C23H13Cl3N4O3. The summed E-state index contributed by atoms with van der Waals surface area (Å²) in [7, 11) is 0. The first-order valence-corrected chi connectivity index (χ1v) is 10.8. The molecule has 0 aliphatic heterocycles. The highest BCUT2D eigenvalue weighted by Gasteiger charge is 2.27. The van der Waals surface area contributed by atoms with Crippen molar-refractivity contribution in [3.05, 3.63) is 93.0 Å². The molecule has 0 bridgehead atoms. The van der Waals surface area contributed by atoms with Gasteiger partial charge in [0.2, 0.25) is 5.82 Å². The lowest BCUT2D eigenvalue weighted by molar-refractivity contribution is 0.0995. The molecule has 0 aliphatic rings. The average molecular weight is 500 g/mol. The first-order chi connectivity index (χ1) is 15.9. The van der Waals surface area contributed by atoms with Gasteiger partial charge in [-0.05, 0) is 48.0 Å². The molecule has 5 aromatic rings. The van der Waals surface area contributed by atoms with Gasteiger partial charge in [-0.25, -0.2) is 0 Å². The topological polar surface area (TPSA) is 94.0 Å². The first-order valence-electron chi connectivity index (χ1n) is 9.67. The summed E-state index contributed by atoms with van der Waals surface area (Å²) >= 11 is 19.0. The fraction of sp³-hybridized carbons (Fsp3) is 0.0435. The number of hydrogen-bond donors (Lipinski definition) is 1. The molecule has 164 valence electrons. The number of aromatic nitrogens is 4. The van der Waals surface area contributed by atoms with Crippen molar-refractivity contribution in [1.82, 2.24) is 19.7 Å². The number of phenols is 1. The van der Waals surface area contributed by atoms with E-state index in [0.717, 1.165) is 5.56 Å². The molecule has 33 heavy (non-hydrogen) atoms. The normalized spacial score (nSPS) is 11.2. The molecule has 7 nitrogen and oxygen atoms in total. The minimum atomic E-state index is -0.578. The zero-order chi connectivity index (χ0) is 23.1. The van der Waals surface area contributed by atoms with Gasteiger partial charge in [0.1, 0.15) is 16.6 Å². The van der Waals surface area contributed by atoms with Crippen molar-refractivity contribution in [2.24, 2.45) is 0 Å². The van der Waals surface area contributed by atoms with E-state index in [9.17, 15) is 9.90 Å². The molecule has 0 amide bonds. The number of carbonyl (C=O) groups excluding carboxylic acids is 1. The standard InChI is InChI=1S/C23H13Cl3N4O3/c24-13-5-4-12(16(25)9-13)11-30-18-7-6-14(31)10-15(18)19(21(30)26)20(32)23-28-22(29-33-23)17-3-1-2-8-27-17/h1-10,31H,11H2. The van der Waals surface area contributed by atoms with E-state index in [4.69, 9.17) is 39.3 Å². The van der Waals surface area contributed by atoms with Crippen molar-refractivity contribution in [2.75, 3.05) is 0 Å². The van der Waals surface area contributed by atoms with Crippen LogP contribution in [0.2, 0.25) is 15.2 Å². The third-order valence-corrected chi connectivity index (χ3v) is 6.05. The molecule has 2 aromatic carbocycles. The van der Waals surface area contributed by atoms with E-state index in [2.05, 4.69) is 15.1 Å². The number of carbonyl (C=O) groups is 1. The molecule has 10 heteroatoms. The summed E-state index contributed by atoms with van der Waals surface area (Å²) in [6.07, 6.45) is 1.59. The number of ketones is 1. The third-order valence-electron chi connectivity index (χ3n) is 5.07. The van der Waals surface area contributed by atoms with Crippen LogP contribution >= 0.6 is 34.8 Å². The molecule has 0 spiro atoms. The second kappa shape index (κ2) is 8.51. The van der Waals surface area contributed by atoms with E-state index in [-0.39, 0.29) is 34.7 Å². The number of nitrogens with zero attached hydrogens (tertiary/aromatic N) is 4. The lowest BCUT2D eigenvalue weighted by Gasteiger charge is -2.09. The summed E-state index contributed by atoms with van der Waals surface area (Å²) in [6.45, 7) is 0.270. The maximum Gasteiger partial charge on any atom is 0.299 e. The first kappa shape index (κ1) is 21.5. The second-order valence-corrected chi connectivity index (χ2v) is 8.36. The van der Waals surface area contributed by atoms with Crippen LogP contribution in [0.25, 0.3) is 22.4 Å². The van der Waals surface area contributed by atoms with Crippen LogP contribution in [-0.2, 0) is 6.54 Å². The third kappa shape index (κ3) is 3.95. The Balaban J connectivity index is 1.61. The number of hydrogen-bond acceptors (Lipinski definition) is 6. The van der Waals surface area contributed by atoms with Gasteiger partial charge in [-0.1, -0.05) is 52.1 Å². The monoisotopic (exact) mass is 498 g/mol. The Morgan fingerprint density at radius 1 is 1.06 bits per heavy atom. The highest BCUT2D eigenvalue weighted by atomic mass is 35.5. The van der Waals surface area contributed by atoms with Gasteiger partial charge in [-0.3, -0.25) is 9.78 Å². The van der Waals surface area contributed by atoms with E-state index < -0.39 is 5.78 Å². The van der Waals surface area contributed by atoms with Crippen LogP contribution in [0, 0.1) is 0 Å². The fourth-order valence-corrected chi connectivity index (χ4v) is 4.33. The number of aromatic hydroxyl groups is 1. The summed E-state index contributed by atoms with van der Waals surface area (Å²) in [6, 6.07) is 15.0. The molecule has 3 heterocycles. The van der Waals surface area contributed by atoms with Gasteiger partial charge < -0.3 is 14.2 Å². The van der Waals surface area contributed by atoms with Crippen molar-refractivity contribution in [3.63, 3.8) is 0 Å². The predicted octanol–water partition coefficient (Wildman–Crippen LogP) is 6.03. The van der Waals surface area contributed by atoms with Gasteiger partial charge in [-0.2, -0.15) is 4.98 Å². The van der Waals surface area contributed by atoms with Crippen LogP contribution < -0.4 is 0 Å². The summed E-state index contributed by atoms with van der Waals surface area (Å²) in [5.41, 5.74) is 1.96. The summed E-state index contributed by atoms with van der Waals surface area (Å²) < 4.78 is 6.93. The quantitative estimate of drug-likeness (QED) is 0.297. The minimum absolute atomic E-state index is 0.0189. The number of rotatable bonds is 5. The Hall–Kier alpha value is -3.39. The molecule has 0 unspecified atom stereocenters. The zero-order valence-electron chi connectivity index (χ0n) is 16.7. The van der Waals surface area contributed by atoms with Gasteiger partial charge >= 0.3 is 0 Å².